The smallest absolute Gasteiger partial charge is 0.122 e. The third kappa shape index (κ3) is 6.61. The van der Waals surface area contributed by atoms with Crippen LogP contribution in [0.4, 0.5) is 0 Å². The van der Waals surface area contributed by atoms with Crippen molar-refractivity contribution in [2.45, 2.75) is 58.7 Å². The summed E-state index contributed by atoms with van der Waals surface area (Å²) in [4.78, 5) is 6.67. The fourth-order valence-electron chi connectivity index (χ4n) is 4.60. The van der Waals surface area contributed by atoms with Gasteiger partial charge in [-0.3, -0.25) is 4.90 Å². The molecule has 1 N–H and O–H groups in total. The second-order valence-corrected chi connectivity index (χ2v) is 9.58. The van der Waals surface area contributed by atoms with Crippen LogP contribution in [-0.2, 0) is 13.1 Å². The highest BCUT2D eigenvalue weighted by Crippen LogP contribution is 2.27. The predicted octanol–water partition coefficient (Wildman–Crippen LogP) is 4.68. The number of rotatable bonds is 9. The van der Waals surface area contributed by atoms with Gasteiger partial charge < -0.3 is 19.1 Å². The molecule has 0 radical (unpaired) electrons. The second kappa shape index (κ2) is 11.1. The summed E-state index contributed by atoms with van der Waals surface area (Å²) in [5.74, 6) is 2.75. The van der Waals surface area contributed by atoms with Gasteiger partial charge in [0.15, 0.2) is 0 Å². The zero-order valence-corrected chi connectivity index (χ0v) is 20.7. The number of ether oxygens (including phenoxy) is 2. The number of benzene rings is 2. The second-order valence-electron chi connectivity index (χ2n) is 9.58. The van der Waals surface area contributed by atoms with E-state index in [1.807, 2.05) is 31.5 Å². The fraction of sp³-hybridized carbons (Fsp3) is 0.464. The van der Waals surface area contributed by atoms with E-state index < -0.39 is 5.60 Å². The highest BCUT2D eigenvalue weighted by Gasteiger charge is 2.31. The van der Waals surface area contributed by atoms with E-state index >= 15 is 0 Å². The van der Waals surface area contributed by atoms with Crippen molar-refractivity contribution in [2.24, 2.45) is 0 Å². The van der Waals surface area contributed by atoms with Gasteiger partial charge in [-0.05, 0) is 75.9 Å². The first kappa shape index (κ1) is 24.3. The van der Waals surface area contributed by atoms with E-state index in [-0.39, 0.29) is 0 Å². The van der Waals surface area contributed by atoms with Crippen LogP contribution in [0.15, 0.2) is 54.9 Å². The molecule has 0 bridgehead atoms. The summed E-state index contributed by atoms with van der Waals surface area (Å²) in [5.41, 5.74) is 2.77. The maximum Gasteiger partial charge on any atom is 0.122 e. The molecule has 2 aromatic carbocycles. The van der Waals surface area contributed by atoms with Crippen LogP contribution >= 0.6 is 0 Å². The third-order valence-corrected chi connectivity index (χ3v) is 6.67. The summed E-state index contributed by atoms with van der Waals surface area (Å²) >= 11 is 0. The average molecular weight is 464 g/mol. The minimum Gasteiger partial charge on any atom is -0.492 e. The first-order valence-corrected chi connectivity index (χ1v) is 12.2. The van der Waals surface area contributed by atoms with Gasteiger partial charge in [0.25, 0.3) is 0 Å². The minimum absolute atomic E-state index is 0.338. The van der Waals surface area contributed by atoms with Crippen LogP contribution < -0.4 is 9.47 Å². The van der Waals surface area contributed by atoms with E-state index in [9.17, 15) is 5.11 Å². The Morgan fingerprint density at radius 3 is 2.71 bits per heavy atom. The normalized spacial score (nSPS) is 19.1. The van der Waals surface area contributed by atoms with E-state index in [4.69, 9.17) is 9.47 Å². The lowest BCUT2D eigenvalue weighted by atomic mass is 9.96. The Hall–Kier alpha value is -2.83. The Morgan fingerprint density at radius 1 is 1.03 bits per heavy atom. The number of imidazole rings is 1. The molecule has 1 atom stereocenters. The zero-order valence-electron chi connectivity index (χ0n) is 20.7. The van der Waals surface area contributed by atoms with Crippen LogP contribution in [0.2, 0.25) is 0 Å². The molecule has 0 saturated carbocycles. The molecule has 1 aliphatic heterocycles. The van der Waals surface area contributed by atoms with Crippen molar-refractivity contribution < 1.29 is 14.6 Å². The van der Waals surface area contributed by atoms with E-state index in [1.54, 1.807) is 0 Å². The molecule has 1 unspecified atom stereocenters. The van der Waals surface area contributed by atoms with Crippen molar-refractivity contribution in [3.8, 4) is 11.5 Å². The summed E-state index contributed by atoms with van der Waals surface area (Å²) in [5, 5.41) is 11.2. The third-order valence-electron chi connectivity index (χ3n) is 6.67. The average Bonchev–Trinajstić information content (AvgIpc) is 3.12. The molecule has 1 fully saturated rings. The molecule has 34 heavy (non-hydrogen) atoms. The van der Waals surface area contributed by atoms with Gasteiger partial charge in [-0.1, -0.05) is 29.8 Å². The van der Waals surface area contributed by atoms with Crippen LogP contribution in [0.5, 0.6) is 11.5 Å². The monoisotopic (exact) mass is 463 g/mol. The van der Waals surface area contributed by atoms with Crippen molar-refractivity contribution >= 4 is 0 Å². The largest absolute Gasteiger partial charge is 0.492 e. The molecule has 1 saturated heterocycles. The summed E-state index contributed by atoms with van der Waals surface area (Å²) in [6.45, 7) is 10.5. The van der Waals surface area contributed by atoms with Gasteiger partial charge in [-0.15, -0.1) is 0 Å². The van der Waals surface area contributed by atoms with Crippen molar-refractivity contribution in [3.63, 3.8) is 0 Å². The quantitative estimate of drug-likeness (QED) is 0.499. The van der Waals surface area contributed by atoms with E-state index in [2.05, 4.69) is 58.6 Å². The highest BCUT2D eigenvalue weighted by molar-refractivity contribution is 5.35. The Kier molecular flexibility index (Phi) is 7.91. The Balaban J connectivity index is 1.27. The SMILES string of the molecule is Cc1ccc(OCC2(O)CCCN(Cc3cccc(OCCn4ccnc4C)c3)CC2)c(C)c1. The molecule has 0 amide bonds. The van der Waals surface area contributed by atoms with Crippen LogP contribution in [0, 0.1) is 20.8 Å². The molecule has 1 aromatic heterocycles. The van der Waals surface area contributed by atoms with Crippen LogP contribution in [0.25, 0.3) is 0 Å². The minimum atomic E-state index is -0.789. The lowest BCUT2D eigenvalue weighted by molar-refractivity contribution is -0.0170. The molecule has 1 aliphatic rings. The number of aliphatic hydroxyl groups is 1. The number of nitrogens with zero attached hydrogens (tertiary/aromatic N) is 3. The zero-order chi connectivity index (χ0) is 24.0. The molecular formula is C28H37N3O3. The number of hydrogen-bond acceptors (Lipinski definition) is 5. The molecule has 6 heteroatoms. The van der Waals surface area contributed by atoms with Crippen LogP contribution in [0.1, 0.15) is 41.8 Å². The maximum absolute atomic E-state index is 11.2. The summed E-state index contributed by atoms with van der Waals surface area (Å²) < 4.78 is 14.1. The van der Waals surface area contributed by atoms with Crippen molar-refractivity contribution in [1.82, 2.24) is 14.5 Å². The Bertz CT molecular complexity index is 1080. The first-order chi connectivity index (χ1) is 16.4. The number of aromatic nitrogens is 2. The van der Waals surface area contributed by atoms with Gasteiger partial charge >= 0.3 is 0 Å². The molecule has 182 valence electrons. The Morgan fingerprint density at radius 2 is 1.91 bits per heavy atom. The van der Waals surface area contributed by atoms with Gasteiger partial charge in [0, 0.05) is 25.5 Å². The fourth-order valence-corrected chi connectivity index (χ4v) is 4.60. The summed E-state index contributed by atoms with van der Waals surface area (Å²) in [6.07, 6.45) is 6.20. The summed E-state index contributed by atoms with van der Waals surface area (Å²) in [6, 6.07) is 14.5. The number of likely N-dealkylation sites (tertiary alicyclic amines) is 1. The number of hydrogen-bond donors (Lipinski definition) is 1. The molecule has 4 rings (SSSR count). The van der Waals surface area contributed by atoms with Crippen LogP contribution in [0.3, 0.4) is 0 Å². The van der Waals surface area contributed by atoms with Crippen LogP contribution in [-0.4, -0.2) is 51.5 Å². The molecule has 2 heterocycles. The maximum atomic E-state index is 11.2. The molecule has 3 aromatic rings. The van der Waals surface area contributed by atoms with Gasteiger partial charge in [0.1, 0.15) is 30.5 Å². The lowest BCUT2D eigenvalue weighted by Gasteiger charge is -2.27. The van der Waals surface area contributed by atoms with Gasteiger partial charge in [-0.25, -0.2) is 4.98 Å². The highest BCUT2D eigenvalue weighted by atomic mass is 16.5. The topological polar surface area (TPSA) is 59.8 Å². The molecule has 0 aliphatic carbocycles. The number of aryl methyl sites for hydroxylation is 3. The van der Waals surface area contributed by atoms with Crippen molar-refractivity contribution in [3.05, 3.63) is 77.4 Å². The summed E-state index contributed by atoms with van der Waals surface area (Å²) in [7, 11) is 0. The molecule has 0 spiro atoms. The Labute approximate surface area is 203 Å². The van der Waals surface area contributed by atoms with Crippen molar-refractivity contribution in [2.75, 3.05) is 26.3 Å². The first-order valence-electron chi connectivity index (χ1n) is 12.2. The lowest BCUT2D eigenvalue weighted by Crippen LogP contribution is -2.37. The van der Waals surface area contributed by atoms with Crippen molar-refractivity contribution in [1.29, 1.82) is 0 Å². The van der Waals surface area contributed by atoms with Gasteiger partial charge in [-0.2, -0.15) is 0 Å². The van der Waals surface area contributed by atoms with E-state index in [0.29, 0.717) is 19.6 Å². The molecule has 6 nitrogen and oxygen atoms in total. The van der Waals surface area contributed by atoms with E-state index in [1.165, 1.54) is 11.1 Å². The van der Waals surface area contributed by atoms with Gasteiger partial charge in [0.2, 0.25) is 0 Å². The molecular weight excluding hydrogens is 426 g/mol. The predicted molar refractivity (Wildman–Crippen MR) is 134 cm³/mol. The van der Waals surface area contributed by atoms with Gasteiger partial charge in [0.05, 0.1) is 12.1 Å². The standard InChI is InChI=1S/C28H37N3O3/c1-22-8-9-27(23(2)18-22)34-21-28(32)10-5-13-30(14-11-28)20-25-6-4-7-26(19-25)33-17-16-31-15-12-29-24(31)3/h4,6-9,12,15,18-19,32H,5,10-11,13-14,16-17,20-21H2,1-3H3. The van der Waals surface area contributed by atoms with E-state index in [0.717, 1.165) is 61.9 Å².